The van der Waals surface area contributed by atoms with Crippen LogP contribution in [0.4, 0.5) is 0 Å². The first-order valence-corrected chi connectivity index (χ1v) is 7.84. The van der Waals surface area contributed by atoms with Gasteiger partial charge in [0.2, 0.25) is 5.91 Å². The Hall–Kier alpha value is -1.83. The largest absolute Gasteiger partial charge is 0.288 e. The molecule has 0 aromatic heterocycles. The molecule has 1 unspecified atom stereocenters. The third-order valence-corrected chi connectivity index (χ3v) is 4.62. The van der Waals surface area contributed by atoms with Gasteiger partial charge in [-0.15, -0.1) is 0 Å². The Morgan fingerprint density at radius 3 is 2.76 bits per heavy atom. The minimum Gasteiger partial charge on any atom is -0.288 e. The standard InChI is InChI=1S/C19H23NO/c1-4-15-13-14-9-8-12-19(2,3)17(14)18(21)20(15)16-10-6-5-7-11-16/h5-6,8-10,12-13,17H,4,7,11H2,1-3H3. The molecule has 1 atom stereocenters. The molecule has 0 saturated heterocycles. The molecule has 0 bridgehead atoms. The van der Waals surface area contributed by atoms with Gasteiger partial charge >= 0.3 is 0 Å². The zero-order valence-corrected chi connectivity index (χ0v) is 13.1. The first kappa shape index (κ1) is 14.1. The summed E-state index contributed by atoms with van der Waals surface area (Å²) in [5.74, 6) is 0.168. The van der Waals surface area contributed by atoms with Gasteiger partial charge in [-0.3, -0.25) is 9.69 Å². The highest BCUT2D eigenvalue weighted by Crippen LogP contribution is 2.44. The first-order chi connectivity index (χ1) is 10.0. The van der Waals surface area contributed by atoms with Crippen molar-refractivity contribution in [3.05, 3.63) is 59.5 Å². The minimum absolute atomic E-state index is 0.0652. The molecule has 0 N–H and O–H groups in total. The molecule has 0 aromatic carbocycles. The molecule has 1 heterocycles. The van der Waals surface area contributed by atoms with E-state index in [0.717, 1.165) is 36.2 Å². The minimum atomic E-state index is -0.125. The highest BCUT2D eigenvalue weighted by atomic mass is 16.2. The Kier molecular flexibility index (Phi) is 3.48. The Morgan fingerprint density at radius 2 is 2.10 bits per heavy atom. The van der Waals surface area contributed by atoms with Crippen molar-refractivity contribution >= 4 is 5.91 Å². The maximum Gasteiger partial charge on any atom is 0.239 e. The number of hydrogen-bond donors (Lipinski definition) is 0. The lowest BCUT2D eigenvalue weighted by Crippen LogP contribution is -2.45. The second-order valence-corrected chi connectivity index (χ2v) is 6.57. The average Bonchev–Trinajstić information content (AvgIpc) is 2.46. The molecule has 0 spiro atoms. The molecular formula is C19H23NO. The molecule has 0 saturated carbocycles. The van der Waals surface area contributed by atoms with Crippen molar-refractivity contribution in [3.8, 4) is 0 Å². The zero-order chi connectivity index (χ0) is 15.0. The van der Waals surface area contributed by atoms with Crippen molar-refractivity contribution in [2.45, 2.75) is 40.0 Å². The van der Waals surface area contributed by atoms with E-state index in [2.05, 4.69) is 63.3 Å². The number of allylic oxidation sites excluding steroid dienone is 9. The summed E-state index contributed by atoms with van der Waals surface area (Å²) in [6.07, 6.45) is 17.7. The highest BCUT2D eigenvalue weighted by Gasteiger charge is 2.43. The summed E-state index contributed by atoms with van der Waals surface area (Å²) in [4.78, 5) is 15.2. The number of fused-ring (bicyclic) bond motifs is 1. The molecule has 0 radical (unpaired) electrons. The van der Waals surface area contributed by atoms with E-state index in [1.165, 1.54) is 0 Å². The highest BCUT2D eigenvalue weighted by molar-refractivity contribution is 5.89. The third kappa shape index (κ3) is 2.33. The van der Waals surface area contributed by atoms with Crippen molar-refractivity contribution in [2.75, 3.05) is 0 Å². The lowest BCUT2D eigenvalue weighted by atomic mass is 9.69. The predicted octanol–water partition coefficient (Wildman–Crippen LogP) is 4.50. The molecule has 21 heavy (non-hydrogen) atoms. The van der Waals surface area contributed by atoms with Crippen molar-refractivity contribution < 1.29 is 4.79 Å². The molecule has 3 aliphatic rings. The van der Waals surface area contributed by atoms with Crippen LogP contribution in [0.2, 0.25) is 0 Å². The summed E-state index contributed by atoms with van der Waals surface area (Å²) < 4.78 is 0. The molecule has 2 heteroatoms. The van der Waals surface area contributed by atoms with Crippen LogP contribution >= 0.6 is 0 Å². The van der Waals surface area contributed by atoms with Crippen molar-refractivity contribution in [1.82, 2.24) is 4.90 Å². The molecule has 2 aliphatic carbocycles. The average molecular weight is 281 g/mol. The van der Waals surface area contributed by atoms with Gasteiger partial charge in [0.05, 0.1) is 5.92 Å². The predicted molar refractivity (Wildman–Crippen MR) is 86.2 cm³/mol. The molecule has 1 amide bonds. The molecule has 0 fully saturated rings. The second-order valence-electron chi connectivity index (χ2n) is 6.57. The lowest BCUT2D eigenvalue weighted by molar-refractivity contribution is -0.133. The molecule has 1 aliphatic heterocycles. The van der Waals surface area contributed by atoms with E-state index in [9.17, 15) is 4.79 Å². The smallest absolute Gasteiger partial charge is 0.239 e. The number of amides is 1. The van der Waals surface area contributed by atoms with Crippen molar-refractivity contribution in [1.29, 1.82) is 0 Å². The van der Waals surface area contributed by atoms with Crippen LogP contribution in [0.5, 0.6) is 0 Å². The Balaban J connectivity index is 2.08. The Bertz CT molecular complexity index is 613. The van der Waals surface area contributed by atoms with Crippen LogP contribution in [0, 0.1) is 11.3 Å². The van der Waals surface area contributed by atoms with Crippen LogP contribution in [0.1, 0.15) is 40.0 Å². The first-order valence-electron chi connectivity index (χ1n) is 7.84. The fraction of sp³-hybridized carbons (Fsp3) is 0.421. The SMILES string of the molecule is CCC1=CC2=CC=CC(C)(C)C2C(=O)N1C1=CC=CCC1. The van der Waals surface area contributed by atoms with E-state index >= 15 is 0 Å². The summed E-state index contributed by atoms with van der Waals surface area (Å²) in [5, 5.41) is 0. The summed E-state index contributed by atoms with van der Waals surface area (Å²) >= 11 is 0. The molecule has 3 rings (SSSR count). The van der Waals surface area contributed by atoms with E-state index in [-0.39, 0.29) is 17.2 Å². The van der Waals surface area contributed by atoms with Gasteiger partial charge in [-0.05, 0) is 42.4 Å². The maximum atomic E-state index is 13.2. The quantitative estimate of drug-likeness (QED) is 0.730. The van der Waals surface area contributed by atoms with Crippen LogP contribution < -0.4 is 0 Å². The number of carbonyl (C=O) groups is 1. The monoisotopic (exact) mass is 281 g/mol. The van der Waals surface area contributed by atoms with Crippen LogP contribution in [0.3, 0.4) is 0 Å². The van der Waals surface area contributed by atoms with E-state index < -0.39 is 0 Å². The third-order valence-electron chi connectivity index (χ3n) is 4.62. The van der Waals surface area contributed by atoms with Crippen LogP contribution in [0.15, 0.2) is 59.5 Å². The van der Waals surface area contributed by atoms with Crippen LogP contribution in [0.25, 0.3) is 0 Å². The lowest BCUT2D eigenvalue weighted by Gasteiger charge is -2.42. The van der Waals surface area contributed by atoms with Gasteiger partial charge in [0, 0.05) is 11.4 Å². The van der Waals surface area contributed by atoms with Gasteiger partial charge < -0.3 is 0 Å². The summed E-state index contributed by atoms with van der Waals surface area (Å²) in [6, 6.07) is 0. The van der Waals surface area contributed by atoms with Crippen LogP contribution in [-0.2, 0) is 4.79 Å². The number of nitrogens with zero attached hydrogens (tertiary/aromatic N) is 1. The zero-order valence-electron chi connectivity index (χ0n) is 13.1. The number of rotatable bonds is 2. The maximum absolute atomic E-state index is 13.2. The summed E-state index contributed by atoms with van der Waals surface area (Å²) in [5.41, 5.74) is 3.29. The Morgan fingerprint density at radius 1 is 1.29 bits per heavy atom. The van der Waals surface area contributed by atoms with E-state index in [1.807, 2.05) is 4.90 Å². The van der Waals surface area contributed by atoms with Gasteiger partial charge in [-0.25, -0.2) is 0 Å². The fourth-order valence-electron chi connectivity index (χ4n) is 3.51. The molecule has 2 nitrogen and oxygen atoms in total. The van der Waals surface area contributed by atoms with Gasteiger partial charge in [0.1, 0.15) is 0 Å². The number of hydrogen-bond acceptors (Lipinski definition) is 1. The molecule has 110 valence electrons. The second kappa shape index (κ2) is 5.18. The van der Waals surface area contributed by atoms with E-state index in [1.54, 1.807) is 0 Å². The van der Waals surface area contributed by atoms with Gasteiger partial charge in [-0.2, -0.15) is 0 Å². The van der Waals surface area contributed by atoms with Crippen LogP contribution in [-0.4, -0.2) is 10.8 Å². The summed E-state index contributed by atoms with van der Waals surface area (Å²) in [7, 11) is 0. The van der Waals surface area contributed by atoms with E-state index in [4.69, 9.17) is 0 Å². The molecule has 0 aromatic rings. The summed E-state index contributed by atoms with van der Waals surface area (Å²) in [6.45, 7) is 6.42. The van der Waals surface area contributed by atoms with Crippen molar-refractivity contribution in [2.24, 2.45) is 11.3 Å². The topological polar surface area (TPSA) is 20.3 Å². The fourth-order valence-corrected chi connectivity index (χ4v) is 3.51. The van der Waals surface area contributed by atoms with Gasteiger partial charge in [-0.1, -0.05) is 51.2 Å². The van der Waals surface area contributed by atoms with Gasteiger partial charge in [0.15, 0.2) is 0 Å². The van der Waals surface area contributed by atoms with E-state index in [0.29, 0.717) is 0 Å². The van der Waals surface area contributed by atoms with Gasteiger partial charge in [0.25, 0.3) is 0 Å². The van der Waals surface area contributed by atoms with Crippen molar-refractivity contribution in [3.63, 3.8) is 0 Å². The normalized spacial score (nSPS) is 27.0. The molecular weight excluding hydrogens is 258 g/mol. The Labute approximate surface area is 127 Å². The number of carbonyl (C=O) groups excluding carboxylic acids is 1.